The Bertz CT molecular complexity index is 2530. The van der Waals surface area contributed by atoms with E-state index in [4.69, 9.17) is 0 Å². The van der Waals surface area contributed by atoms with Gasteiger partial charge in [-0.1, -0.05) is 152 Å². The predicted octanol–water partition coefficient (Wildman–Crippen LogP) is 19.8. The number of rotatable bonds is 22. The van der Waals surface area contributed by atoms with Crippen molar-refractivity contribution >= 4 is 22.7 Å². The van der Waals surface area contributed by atoms with Crippen molar-refractivity contribution in [1.82, 2.24) is 0 Å². The molecule has 68 heavy (non-hydrogen) atoms. The van der Waals surface area contributed by atoms with Gasteiger partial charge in [-0.05, 0) is 229 Å². The molecule has 0 aliphatic rings. The van der Waals surface area contributed by atoms with Crippen LogP contribution in [0, 0.1) is 41.5 Å². The molecule has 0 fully saturated rings. The van der Waals surface area contributed by atoms with Gasteiger partial charge in [0.1, 0.15) is 0 Å². The molecule has 0 unspecified atom stereocenters. The smallest absolute Gasteiger partial charge is 0.0387 e. The van der Waals surface area contributed by atoms with Crippen molar-refractivity contribution in [2.45, 2.75) is 159 Å². The molecule has 7 aromatic carbocycles. The van der Waals surface area contributed by atoms with Crippen molar-refractivity contribution < 1.29 is 0 Å². The summed E-state index contributed by atoms with van der Waals surface area (Å²) in [6, 6.07) is 46.6. The number of nitrogens with one attached hydrogen (secondary N) is 2. The minimum absolute atomic E-state index is 1.08. The van der Waals surface area contributed by atoms with E-state index in [0.717, 1.165) is 48.4 Å². The van der Waals surface area contributed by atoms with E-state index in [9.17, 15) is 0 Å². The van der Waals surface area contributed by atoms with Crippen molar-refractivity contribution in [2.24, 2.45) is 0 Å². The maximum Gasteiger partial charge on any atom is 0.0387 e. The first-order valence-electron chi connectivity index (χ1n) is 26.3. The van der Waals surface area contributed by atoms with E-state index in [2.05, 4.69) is 201 Å². The first-order chi connectivity index (χ1) is 33.0. The second-order valence-corrected chi connectivity index (χ2v) is 20.0. The summed E-state index contributed by atoms with van der Waals surface area (Å²) in [6.07, 6.45) is 16.8. The maximum atomic E-state index is 3.74. The normalized spacial score (nSPS) is 11.3. The van der Waals surface area contributed by atoms with Crippen LogP contribution in [0.3, 0.4) is 0 Å². The number of hydrogen-bond donors (Lipinski definition) is 2. The van der Waals surface area contributed by atoms with Crippen LogP contribution < -0.4 is 10.6 Å². The molecule has 0 saturated heterocycles. The molecule has 0 aliphatic carbocycles. The van der Waals surface area contributed by atoms with Gasteiger partial charge in [-0.25, -0.2) is 0 Å². The SMILES string of the molecule is CCCCCCc1cc(-c2ccc(Nc3ccc(-c4c(C)cc(CCC)cc4C)cc3)cc2C)c(CCCCCC)cc1-c1ccc(Nc2ccc(-c3c(C)cc(CCC)cc3C)cc2)cc1C. The van der Waals surface area contributed by atoms with Crippen LogP contribution in [-0.2, 0) is 25.7 Å². The van der Waals surface area contributed by atoms with E-state index in [1.165, 1.54) is 164 Å². The Labute approximate surface area is 412 Å². The third kappa shape index (κ3) is 12.4. The quantitative estimate of drug-likeness (QED) is 0.0663. The molecule has 2 nitrogen and oxygen atoms in total. The average Bonchev–Trinajstić information content (AvgIpc) is 3.30. The van der Waals surface area contributed by atoms with Gasteiger partial charge in [0.15, 0.2) is 0 Å². The number of anilines is 4. The van der Waals surface area contributed by atoms with Crippen LogP contribution in [0.5, 0.6) is 0 Å². The lowest BCUT2D eigenvalue weighted by atomic mass is 9.85. The number of hydrogen-bond acceptors (Lipinski definition) is 2. The zero-order chi connectivity index (χ0) is 48.2. The number of unbranched alkanes of at least 4 members (excludes halogenated alkanes) is 6. The van der Waals surface area contributed by atoms with Crippen molar-refractivity contribution in [3.63, 3.8) is 0 Å². The van der Waals surface area contributed by atoms with Crippen LogP contribution in [0.25, 0.3) is 44.5 Å². The zero-order valence-electron chi connectivity index (χ0n) is 43.4. The molecule has 0 saturated carbocycles. The monoisotopic (exact) mass is 901 g/mol. The van der Waals surface area contributed by atoms with E-state index in [-0.39, 0.29) is 0 Å². The summed E-state index contributed by atoms with van der Waals surface area (Å²) in [5, 5.41) is 7.48. The van der Waals surface area contributed by atoms with E-state index in [1.54, 1.807) is 0 Å². The van der Waals surface area contributed by atoms with Gasteiger partial charge >= 0.3 is 0 Å². The van der Waals surface area contributed by atoms with E-state index < -0.39 is 0 Å². The average molecular weight is 901 g/mol. The molecule has 0 bridgehead atoms. The lowest BCUT2D eigenvalue weighted by molar-refractivity contribution is 0.664. The van der Waals surface area contributed by atoms with Crippen molar-refractivity contribution in [3.8, 4) is 44.5 Å². The molecular weight excluding hydrogens is 821 g/mol. The summed E-state index contributed by atoms with van der Waals surface area (Å²) in [7, 11) is 0. The lowest BCUT2D eigenvalue weighted by Gasteiger charge is -2.21. The first kappa shape index (κ1) is 50.0. The zero-order valence-corrected chi connectivity index (χ0v) is 43.4. The van der Waals surface area contributed by atoms with Crippen molar-refractivity contribution in [1.29, 1.82) is 0 Å². The highest BCUT2D eigenvalue weighted by molar-refractivity contribution is 5.82. The molecular formula is C66H80N2. The standard InChI is InChI=1S/C66H80N2/c1-11-15-17-19-23-55-43-64(62-36-34-60(42-46(62)6)68-58-31-27-54(28-32-58)66-49(9)39-52(22-14-4)40-50(66)10)56(24-20-18-16-12-2)44-63(55)61-35-33-59(41-45(61)5)67-57-29-25-53(26-30-57)65-47(7)37-51(21-13-3)38-48(65)8/h25-44,67-68H,11-24H2,1-10H3. The molecule has 0 spiro atoms. The van der Waals surface area contributed by atoms with Gasteiger partial charge in [0.25, 0.3) is 0 Å². The van der Waals surface area contributed by atoms with Crippen molar-refractivity contribution in [2.75, 3.05) is 10.6 Å². The topological polar surface area (TPSA) is 24.1 Å². The fraction of sp³-hybridized carbons (Fsp3) is 0.364. The minimum atomic E-state index is 1.08. The molecule has 2 N–H and O–H groups in total. The second kappa shape index (κ2) is 23.9. The van der Waals surface area contributed by atoms with E-state index >= 15 is 0 Å². The van der Waals surface area contributed by atoms with Crippen LogP contribution in [0.2, 0.25) is 0 Å². The van der Waals surface area contributed by atoms with Crippen LogP contribution in [0.1, 0.15) is 148 Å². The highest BCUT2D eigenvalue weighted by Gasteiger charge is 2.18. The van der Waals surface area contributed by atoms with Gasteiger partial charge in [0.2, 0.25) is 0 Å². The van der Waals surface area contributed by atoms with Crippen LogP contribution in [0.4, 0.5) is 22.7 Å². The van der Waals surface area contributed by atoms with E-state index in [1.807, 2.05) is 0 Å². The third-order valence-electron chi connectivity index (χ3n) is 14.1. The largest absolute Gasteiger partial charge is 0.356 e. The molecule has 354 valence electrons. The highest BCUT2D eigenvalue weighted by Crippen LogP contribution is 2.40. The molecule has 0 amide bonds. The number of aryl methyl sites for hydroxylation is 10. The van der Waals surface area contributed by atoms with Gasteiger partial charge in [0.05, 0.1) is 0 Å². The Balaban J connectivity index is 1.16. The first-order valence-corrected chi connectivity index (χ1v) is 26.3. The van der Waals surface area contributed by atoms with Gasteiger partial charge < -0.3 is 10.6 Å². The van der Waals surface area contributed by atoms with Crippen molar-refractivity contribution in [3.05, 3.63) is 177 Å². The summed E-state index contributed by atoms with van der Waals surface area (Å²) >= 11 is 0. The van der Waals surface area contributed by atoms with Gasteiger partial charge in [-0.3, -0.25) is 0 Å². The Kier molecular flexibility index (Phi) is 17.6. The summed E-state index contributed by atoms with van der Waals surface area (Å²) in [4.78, 5) is 0. The molecule has 0 aromatic heterocycles. The van der Waals surface area contributed by atoms with Crippen LogP contribution in [0.15, 0.2) is 121 Å². The molecule has 7 rings (SSSR count). The molecule has 7 aromatic rings. The Hall–Kier alpha value is -5.86. The Morgan fingerprint density at radius 1 is 0.294 bits per heavy atom. The molecule has 0 aliphatic heterocycles. The Morgan fingerprint density at radius 2 is 0.647 bits per heavy atom. The fourth-order valence-electron chi connectivity index (χ4n) is 10.8. The fourth-order valence-corrected chi connectivity index (χ4v) is 10.8. The number of benzene rings is 7. The summed E-state index contributed by atoms with van der Waals surface area (Å²) in [5.41, 5.74) is 29.1. The summed E-state index contributed by atoms with van der Waals surface area (Å²) in [6.45, 7) is 22.7. The summed E-state index contributed by atoms with van der Waals surface area (Å²) < 4.78 is 0. The molecule has 0 atom stereocenters. The third-order valence-corrected chi connectivity index (χ3v) is 14.1. The van der Waals surface area contributed by atoms with E-state index in [0.29, 0.717) is 0 Å². The van der Waals surface area contributed by atoms with Gasteiger partial charge in [-0.2, -0.15) is 0 Å². The molecule has 2 heteroatoms. The minimum Gasteiger partial charge on any atom is -0.356 e. The van der Waals surface area contributed by atoms with Gasteiger partial charge in [0, 0.05) is 22.7 Å². The second-order valence-electron chi connectivity index (χ2n) is 20.0. The lowest BCUT2D eigenvalue weighted by Crippen LogP contribution is -2.01. The molecule has 0 radical (unpaired) electrons. The maximum absolute atomic E-state index is 3.74. The Morgan fingerprint density at radius 3 is 0.971 bits per heavy atom. The van der Waals surface area contributed by atoms with Crippen LogP contribution >= 0.6 is 0 Å². The molecule has 0 heterocycles. The van der Waals surface area contributed by atoms with Crippen LogP contribution in [-0.4, -0.2) is 0 Å². The highest BCUT2D eigenvalue weighted by atomic mass is 14.9. The summed E-state index contributed by atoms with van der Waals surface area (Å²) in [5.74, 6) is 0. The van der Waals surface area contributed by atoms with Gasteiger partial charge in [-0.15, -0.1) is 0 Å². The predicted molar refractivity (Wildman–Crippen MR) is 300 cm³/mol.